The monoisotopic (exact) mass is 210 g/mol. The highest BCUT2D eigenvalue weighted by Crippen LogP contribution is 2.10. The average molecular weight is 210 g/mol. The number of hydrogen-bond donors (Lipinski definition) is 0. The molecule has 0 heterocycles. The second kappa shape index (κ2) is 6.17. The first-order chi connectivity index (χ1) is 6.90. The first-order valence-corrected chi connectivity index (χ1v) is 4.92. The summed E-state index contributed by atoms with van der Waals surface area (Å²) in [6, 6.07) is 0. The fourth-order valence-electron chi connectivity index (χ4n) is 1.03. The largest absolute Gasteiger partial charge is 0.462 e. The Morgan fingerprint density at radius 3 is 2.07 bits per heavy atom. The minimum Gasteiger partial charge on any atom is -0.462 e. The number of rotatable bonds is 6. The first kappa shape index (κ1) is 13.6. The molecule has 84 valence electrons. The molecule has 0 saturated carbocycles. The summed E-state index contributed by atoms with van der Waals surface area (Å²) in [5.41, 5.74) is 0.834. The van der Waals surface area contributed by atoms with Crippen molar-refractivity contribution >= 4 is 11.8 Å². The molecule has 1 unspecified atom stereocenters. The number of ether oxygens (including phenoxy) is 1. The van der Waals surface area contributed by atoms with Gasteiger partial charge in [-0.2, -0.15) is 0 Å². The van der Waals surface area contributed by atoms with Gasteiger partial charge in [0.1, 0.15) is 6.61 Å². The molecule has 0 aromatic rings. The fraction of sp³-hybridized carbons (Fsp3) is 0.500. The van der Waals surface area contributed by atoms with Crippen molar-refractivity contribution in [3.05, 3.63) is 24.3 Å². The van der Waals surface area contributed by atoms with E-state index in [9.17, 15) is 9.59 Å². The number of carbonyl (C=O) groups is 2. The van der Waals surface area contributed by atoms with Gasteiger partial charge < -0.3 is 4.74 Å². The van der Waals surface area contributed by atoms with E-state index in [1.54, 1.807) is 13.8 Å². The van der Waals surface area contributed by atoms with Crippen molar-refractivity contribution in [1.82, 2.24) is 0 Å². The van der Waals surface area contributed by atoms with Gasteiger partial charge in [-0.1, -0.05) is 20.1 Å². The predicted molar refractivity (Wildman–Crippen MR) is 59.4 cm³/mol. The van der Waals surface area contributed by atoms with E-state index >= 15 is 0 Å². The van der Waals surface area contributed by atoms with E-state index in [4.69, 9.17) is 4.74 Å². The van der Waals surface area contributed by atoms with Crippen LogP contribution in [0.3, 0.4) is 0 Å². The van der Waals surface area contributed by atoms with Gasteiger partial charge in [-0.3, -0.25) is 4.79 Å². The summed E-state index contributed by atoms with van der Waals surface area (Å²) in [7, 11) is 0. The lowest BCUT2D eigenvalue weighted by Gasteiger charge is -2.13. The highest BCUT2D eigenvalue weighted by molar-refractivity contribution is 5.96. The van der Waals surface area contributed by atoms with Crippen molar-refractivity contribution in [3.8, 4) is 0 Å². The van der Waals surface area contributed by atoms with Gasteiger partial charge in [0.2, 0.25) is 0 Å². The van der Waals surface area contributed by atoms with Crippen LogP contribution in [0, 0.1) is 5.92 Å². The molecule has 3 nitrogen and oxygen atoms in total. The molecule has 1 atom stereocenters. The number of hydrogen-bond acceptors (Lipinski definition) is 3. The minimum absolute atomic E-state index is 0.0491. The Morgan fingerprint density at radius 1 is 1.20 bits per heavy atom. The topological polar surface area (TPSA) is 43.4 Å². The standard InChI is InChI=1S/C12H18O3/c1-6-10(11(13)8(2)3)7-15-12(14)9(4)5/h10H,2,4,6-7H2,1,3,5H3. The van der Waals surface area contributed by atoms with E-state index in [0.29, 0.717) is 17.6 Å². The van der Waals surface area contributed by atoms with Crippen LogP contribution in [-0.2, 0) is 14.3 Å². The van der Waals surface area contributed by atoms with Gasteiger partial charge in [0.05, 0.1) is 5.92 Å². The Balaban J connectivity index is 4.24. The number of carbonyl (C=O) groups excluding carboxylic acids is 2. The van der Waals surface area contributed by atoms with Crippen LogP contribution >= 0.6 is 0 Å². The lowest BCUT2D eigenvalue weighted by atomic mass is 9.98. The van der Waals surface area contributed by atoms with Gasteiger partial charge in [-0.15, -0.1) is 0 Å². The van der Waals surface area contributed by atoms with Crippen LogP contribution in [0.1, 0.15) is 27.2 Å². The van der Waals surface area contributed by atoms with E-state index in [2.05, 4.69) is 13.2 Å². The Hall–Kier alpha value is -1.38. The highest BCUT2D eigenvalue weighted by Gasteiger charge is 2.18. The van der Waals surface area contributed by atoms with Crippen molar-refractivity contribution in [1.29, 1.82) is 0 Å². The van der Waals surface area contributed by atoms with Crippen molar-refractivity contribution in [3.63, 3.8) is 0 Å². The maximum Gasteiger partial charge on any atom is 0.333 e. The van der Waals surface area contributed by atoms with Crippen LogP contribution in [0.4, 0.5) is 0 Å². The average Bonchev–Trinajstić information content (AvgIpc) is 2.17. The van der Waals surface area contributed by atoms with Gasteiger partial charge in [-0.05, 0) is 25.8 Å². The van der Waals surface area contributed by atoms with Gasteiger partial charge in [0.25, 0.3) is 0 Å². The summed E-state index contributed by atoms with van der Waals surface area (Å²) in [6.07, 6.45) is 0.634. The molecule has 3 heteroatoms. The van der Waals surface area contributed by atoms with E-state index in [1.807, 2.05) is 6.92 Å². The van der Waals surface area contributed by atoms with Crippen LogP contribution in [-0.4, -0.2) is 18.4 Å². The molecule has 0 aliphatic rings. The molecule has 0 bridgehead atoms. The van der Waals surface area contributed by atoms with Crippen LogP contribution in [0.25, 0.3) is 0 Å². The maximum absolute atomic E-state index is 11.5. The first-order valence-electron chi connectivity index (χ1n) is 4.92. The second-order valence-electron chi connectivity index (χ2n) is 3.63. The highest BCUT2D eigenvalue weighted by atomic mass is 16.5. The summed E-state index contributed by atoms with van der Waals surface area (Å²) >= 11 is 0. The van der Waals surface area contributed by atoms with Crippen LogP contribution < -0.4 is 0 Å². The van der Waals surface area contributed by atoms with Gasteiger partial charge in [0, 0.05) is 5.57 Å². The minimum atomic E-state index is -0.456. The SMILES string of the molecule is C=C(C)C(=O)OCC(CC)C(=O)C(=C)C. The van der Waals surface area contributed by atoms with Gasteiger partial charge in [0.15, 0.2) is 5.78 Å². The molecule has 0 aromatic carbocycles. The molecule has 15 heavy (non-hydrogen) atoms. The molecule has 0 N–H and O–H groups in total. The number of allylic oxidation sites excluding steroid dienone is 1. The van der Waals surface area contributed by atoms with Gasteiger partial charge >= 0.3 is 5.97 Å². The lowest BCUT2D eigenvalue weighted by molar-refractivity contribution is -0.141. The Morgan fingerprint density at radius 2 is 1.73 bits per heavy atom. The zero-order valence-corrected chi connectivity index (χ0v) is 9.63. The normalized spacial score (nSPS) is 11.7. The number of Topliss-reactive ketones (excluding diaryl/α,β-unsaturated/α-hetero) is 1. The number of esters is 1. The molecular formula is C12H18O3. The Bertz CT molecular complexity index is 289. The molecule has 0 radical (unpaired) electrons. The Labute approximate surface area is 90.8 Å². The lowest BCUT2D eigenvalue weighted by Crippen LogP contribution is -2.22. The summed E-state index contributed by atoms with van der Waals surface area (Å²) in [4.78, 5) is 22.6. The van der Waals surface area contributed by atoms with Gasteiger partial charge in [-0.25, -0.2) is 4.79 Å². The summed E-state index contributed by atoms with van der Waals surface area (Å²) in [6.45, 7) is 12.3. The fourth-order valence-corrected chi connectivity index (χ4v) is 1.03. The van der Waals surface area contributed by atoms with Crippen molar-refractivity contribution < 1.29 is 14.3 Å². The summed E-state index contributed by atoms with van der Waals surface area (Å²) in [5, 5.41) is 0. The van der Waals surface area contributed by atoms with Crippen LogP contribution in [0.2, 0.25) is 0 Å². The van der Waals surface area contributed by atoms with Crippen molar-refractivity contribution in [2.24, 2.45) is 5.92 Å². The third-order valence-corrected chi connectivity index (χ3v) is 2.05. The molecule has 0 aliphatic carbocycles. The molecule has 0 fully saturated rings. The smallest absolute Gasteiger partial charge is 0.333 e. The third kappa shape index (κ3) is 4.58. The predicted octanol–water partition coefficient (Wildman–Crippen LogP) is 2.28. The van der Waals surface area contributed by atoms with Crippen molar-refractivity contribution in [2.75, 3.05) is 6.61 Å². The zero-order chi connectivity index (χ0) is 12.0. The molecule has 0 aromatic heterocycles. The molecule has 0 saturated heterocycles. The molecule has 0 spiro atoms. The second-order valence-corrected chi connectivity index (χ2v) is 3.63. The number of ketones is 1. The summed E-state index contributed by atoms with van der Waals surface area (Å²) in [5.74, 6) is -0.791. The third-order valence-electron chi connectivity index (χ3n) is 2.05. The zero-order valence-electron chi connectivity index (χ0n) is 9.63. The maximum atomic E-state index is 11.5. The van der Waals surface area contributed by atoms with E-state index < -0.39 is 5.97 Å². The van der Waals surface area contributed by atoms with E-state index in [-0.39, 0.29) is 18.3 Å². The van der Waals surface area contributed by atoms with Crippen LogP contribution in [0.5, 0.6) is 0 Å². The molecule has 0 amide bonds. The molecule has 0 aliphatic heterocycles. The molecule has 0 rings (SSSR count). The van der Waals surface area contributed by atoms with Crippen molar-refractivity contribution in [2.45, 2.75) is 27.2 Å². The summed E-state index contributed by atoms with van der Waals surface area (Å²) < 4.78 is 4.93. The van der Waals surface area contributed by atoms with E-state index in [0.717, 1.165) is 0 Å². The Kier molecular flexibility index (Phi) is 5.60. The van der Waals surface area contributed by atoms with Crippen LogP contribution in [0.15, 0.2) is 24.3 Å². The molecular weight excluding hydrogens is 192 g/mol. The van der Waals surface area contributed by atoms with E-state index in [1.165, 1.54) is 0 Å². The quantitative estimate of drug-likeness (QED) is 0.499.